The maximum atomic E-state index is 5.84. The van der Waals surface area contributed by atoms with Gasteiger partial charge in [0, 0.05) is 6.54 Å². The predicted molar refractivity (Wildman–Crippen MR) is 69.6 cm³/mol. The molecule has 2 rings (SSSR count). The van der Waals surface area contributed by atoms with E-state index in [4.69, 9.17) is 16.0 Å². The summed E-state index contributed by atoms with van der Waals surface area (Å²) in [4.78, 5) is 0. The summed E-state index contributed by atoms with van der Waals surface area (Å²) in [6.45, 7) is 5.81. The topological polar surface area (TPSA) is 55.9 Å². The molecule has 2 aromatic heterocycles. The van der Waals surface area contributed by atoms with Gasteiger partial charge < -0.3 is 9.73 Å². The Morgan fingerprint density at radius 3 is 2.89 bits per heavy atom. The van der Waals surface area contributed by atoms with Crippen molar-refractivity contribution in [2.75, 3.05) is 6.54 Å². The van der Waals surface area contributed by atoms with Crippen LogP contribution in [0.2, 0.25) is 5.22 Å². The molecule has 0 aliphatic rings. The Hall–Kier alpha value is -1.33. The van der Waals surface area contributed by atoms with Gasteiger partial charge in [-0.1, -0.05) is 12.1 Å². The zero-order valence-electron chi connectivity index (χ0n) is 10.6. The van der Waals surface area contributed by atoms with E-state index in [1.54, 1.807) is 12.3 Å². The van der Waals surface area contributed by atoms with Gasteiger partial charge in [0.25, 0.3) is 0 Å². The standard InChI is InChI=1S/C12H17ClN4O/c1-3-7-14-12(10-5-6-11(13)18-10)9-8-15-16-17(9)4-2/h5-6,8,12,14H,3-4,7H2,1-2H3. The summed E-state index contributed by atoms with van der Waals surface area (Å²) in [6.07, 6.45) is 2.80. The minimum atomic E-state index is -0.0626. The van der Waals surface area contributed by atoms with E-state index >= 15 is 0 Å². The molecule has 98 valence electrons. The minimum Gasteiger partial charge on any atom is -0.448 e. The summed E-state index contributed by atoms with van der Waals surface area (Å²) in [6, 6.07) is 3.56. The Bertz CT molecular complexity index is 494. The van der Waals surface area contributed by atoms with Gasteiger partial charge in [-0.3, -0.25) is 0 Å². The molecule has 5 nitrogen and oxygen atoms in total. The second-order valence-corrected chi connectivity index (χ2v) is 4.38. The third-order valence-corrected chi connectivity index (χ3v) is 2.92. The summed E-state index contributed by atoms with van der Waals surface area (Å²) in [7, 11) is 0. The maximum absolute atomic E-state index is 5.84. The molecule has 0 saturated carbocycles. The first kappa shape index (κ1) is 13.1. The molecule has 0 aliphatic carbocycles. The second kappa shape index (κ2) is 6.02. The average Bonchev–Trinajstić information content (AvgIpc) is 2.99. The molecular weight excluding hydrogens is 252 g/mol. The molecule has 0 aliphatic heterocycles. The number of halogens is 1. The molecule has 0 aromatic carbocycles. The molecule has 6 heteroatoms. The molecule has 1 unspecified atom stereocenters. The van der Waals surface area contributed by atoms with Crippen LogP contribution in [0.15, 0.2) is 22.7 Å². The van der Waals surface area contributed by atoms with Crippen molar-refractivity contribution in [2.24, 2.45) is 0 Å². The number of furan rings is 1. The monoisotopic (exact) mass is 268 g/mol. The van der Waals surface area contributed by atoms with Gasteiger partial charge in [-0.25, -0.2) is 4.68 Å². The molecule has 0 spiro atoms. The molecule has 2 aromatic rings. The molecule has 1 atom stereocenters. The lowest BCUT2D eigenvalue weighted by molar-refractivity contribution is 0.427. The first-order chi connectivity index (χ1) is 8.76. The quantitative estimate of drug-likeness (QED) is 0.875. The highest BCUT2D eigenvalue weighted by Gasteiger charge is 2.21. The summed E-state index contributed by atoms with van der Waals surface area (Å²) in [5.74, 6) is 0.783. The SMILES string of the molecule is CCCNC(c1ccc(Cl)o1)c1cnnn1CC. The van der Waals surface area contributed by atoms with Crippen molar-refractivity contribution >= 4 is 11.6 Å². The molecule has 2 heterocycles. The Kier molecular flexibility index (Phi) is 4.38. The highest BCUT2D eigenvalue weighted by molar-refractivity contribution is 6.28. The van der Waals surface area contributed by atoms with Gasteiger partial charge in [0.05, 0.1) is 11.9 Å². The van der Waals surface area contributed by atoms with Gasteiger partial charge >= 0.3 is 0 Å². The maximum Gasteiger partial charge on any atom is 0.193 e. The van der Waals surface area contributed by atoms with Crippen molar-refractivity contribution in [1.29, 1.82) is 0 Å². The van der Waals surface area contributed by atoms with E-state index in [0.29, 0.717) is 5.22 Å². The zero-order chi connectivity index (χ0) is 13.0. The second-order valence-electron chi connectivity index (χ2n) is 4.00. The highest BCUT2D eigenvalue weighted by atomic mass is 35.5. The summed E-state index contributed by atoms with van der Waals surface area (Å²) in [5.41, 5.74) is 0.983. The van der Waals surface area contributed by atoms with Crippen molar-refractivity contribution in [1.82, 2.24) is 20.3 Å². The van der Waals surface area contributed by atoms with Gasteiger partial charge in [0.15, 0.2) is 5.22 Å². The van der Waals surface area contributed by atoms with Crippen LogP contribution in [0.3, 0.4) is 0 Å². The van der Waals surface area contributed by atoms with E-state index in [1.807, 2.05) is 17.7 Å². The number of rotatable bonds is 6. The lowest BCUT2D eigenvalue weighted by atomic mass is 10.1. The Morgan fingerprint density at radius 2 is 2.28 bits per heavy atom. The van der Waals surface area contributed by atoms with Crippen LogP contribution in [-0.2, 0) is 6.54 Å². The molecule has 0 saturated heterocycles. The molecule has 0 radical (unpaired) electrons. The molecule has 1 N–H and O–H groups in total. The number of aromatic nitrogens is 3. The van der Waals surface area contributed by atoms with E-state index in [9.17, 15) is 0 Å². The van der Waals surface area contributed by atoms with Gasteiger partial charge in [-0.05, 0) is 43.6 Å². The molecule has 0 bridgehead atoms. The number of hydrogen-bond acceptors (Lipinski definition) is 4. The largest absolute Gasteiger partial charge is 0.448 e. The molecule has 18 heavy (non-hydrogen) atoms. The van der Waals surface area contributed by atoms with Crippen LogP contribution in [0, 0.1) is 0 Å². The van der Waals surface area contributed by atoms with Gasteiger partial charge in [-0.15, -0.1) is 5.10 Å². The zero-order valence-corrected chi connectivity index (χ0v) is 11.3. The first-order valence-electron chi connectivity index (χ1n) is 6.13. The fourth-order valence-electron chi connectivity index (χ4n) is 1.86. The van der Waals surface area contributed by atoms with Crippen molar-refractivity contribution in [2.45, 2.75) is 32.9 Å². The fourth-order valence-corrected chi connectivity index (χ4v) is 2.01. The predicted octanol–water partition coefficient (Wildman–Crippen LogP) is 2.63. The highest BCUT2D eigenvalue weighted by Crippen LogP contribution is 2.25. The fraction of sp³-hybridized carbons (Fsp3) is 0.500. The van der Waals surface area contributed by atoms with Crippen molar-refractivity contribution in [3.05, 3.63) is 35.0 Å². The van der Waals surface area contributed by atoms with Crippen LogP contribution in [-0.4, -0.2) is 21.5 Å². The number of aryl methyl sites for hydroxylation is 1. The van der Waals surface area contributed by atoms with Crippen molar-refractivity contribution < 1.29 is 4.42 Å². The first-order valence-corrected chi connectivity index (χ1v) is 6.51. The van der Waals surface area contributed by atoms with Crippen LogP contribution >= 0.6 is 11.6 Å². The van der Waals surface area contributed by atoms with Crippen LogP contribution in [0.5, 0.6) is 0 Å². The average molecular weight is 269 g/mol. The Morgan fingerprint density at radius 1 is 1.44 bits per heavy atom. The van der Waals surface area contributed by atoms with E-state index < -0.39 is 0 Å². The van der Waals surface area contributed by atoms with Crippen LogP contribution in [0.25, 0.3) is 0 Å². The summed E-state index contributed by atoms with van der Waals surface area (Å²) >= 11 is 5.84. The minimum absolute atomic E-state index is 0.0626. The number of nitrogens with one attached hydrogen (secondary N) is 1. The Balaban J connectivity index is 2.30. The van der Waals surface area contributed by atoms with Gasteiger partial charge in [0.1, 0.15) is 11.8 Å². The van der Waals surface area contributed by atoms with Gasteiger partial charge in [0.2, 0.25) is 0 Å². The molecular formula is C12H17ClN4O. The summed E-state index contributed by atoms with van der Waals surface area (Å²) in [5, 5.41) is 11.8. The Labute approximate surface area is 111 Å². The lowest BCUT2D eigenvalue weighted by Crippen LogP contribution is -2.25. The molecule has 0 fully saturated rings. The molecule has 0 amide bonds. The van der Waals surface area contributed by atoms with Crippen LogP contribution in [0.1, 0.15) is 37.8 Å². The lowest BCUT2D eigenvalue weighted by Gasteiger charge is -2.16. The normalized spacial score (nSPS) is 12.8. The smallest absolute Gasteiger partial charge is 0.193 e. The van der Waals surface area contributed by atoms with E-state index in [0.717, 1.165) is 31.0 Å². The third-order valence-electron chi connectivity index (χ3n) is 2.72. The number of nitrogens with zero attached hydrogens (tertiary/aromatic N) is 3. The number of hydrogen-bond donors (Lipinski definition) is 1. The van der Waals surface area contributed by atoms with Crippen LogP contribution < -0.4 is 5.32 Å². The van der Waals surface area contributed by atoms with Crippen molar-refractivity contribution in [3.8, 4) is 0 Å². The third kappa shape index (κ3) is 2.73. The van der Waals surface area contributed by atoms with E-state index in [2.05, 4.69) is 22.6 Å². The van der Waals surface area contributed by atoms with Gasteiger partial charge in [-0.2, -0.15) is 0 Å². The van der Waals surface area contributed by atoms with E-state index in [-0.39, 0.29) is 6.04 Å². The van der Waals surface area contributed by atoms with Crippen molar-refractivity contribution in [3.63, 3.8) is 0 Å². The summed E-state index contributed by atoms with van der Waals surface area (Å²) < 4.78 is 7.35. The van der Waals surface area contributed by atoms with E-state index in [1.165, 1.54) is 0 Å². The van der Waals surface area contributed by atoms with Crippen LogP contribution in [0.4, 0.5) is 0 Å².